The number of para-hydroxylation sites is 3. The van der Waals surface area contributed by atoms with Crippen LogP contribution in [0.1, 0.15) is 0 Å². The van der Waals surface area contributed by atoms with Crippen LogP contribution >= 0.6 is 11.3 Å². The van der Waals surface area contributed by atoms with Crippen LogP contribution < -0.4 is 0 Å². The fraction of sp³-hybridized carbons (Fsp3) is 0. The van der Waals surface area contributed by atoms with Crippen LogP contribution in [0.25, 0.3) is 216 Å². The van der Waals surface area contributed by atoms with Crippen LogP contribution in [0.5, 0.6) is 0 Å². The van der Waals surface area contributed by atoms with Gasteiger partial charge in [-0.1, -0.05) is 340 Å². The van der Waals surface area contributed by atoms with Crippen LogP contribution in [0, 0.1) is 0 Å². The van der Waals surface area contributed by atoms with Gasteiger partial charge in [-0.3, -0.25) is 9.13 Å². The molecule has 12 nitrogen and oxygen atoms in total. The molecule has 24 aromatic rings. The van der Waals surface area contributed by atoms with Crippen LogP contribution in [0.15, 0.2) is 425 Å². The molecule has 0 aliphatic heterocycles. The smallest absolute Gasteiger partial charge is 0.238 e. The van der Waals surface area contributed by atoms with Crippen molar-refractivity contribution in [2.75, 3.05) is 0 Å². The summed E-state index contributed by atoms with van der Waals surface area (Å²) < 4.78 is 9.27. The summed E-state index contributed by atoms with van der Waals surface area (Å²) in [4.78, 5) is 44.7. The second kappa shape index (κ2) is 31.3. The Hall–Kier alpha value is -16.4. The van der Waals surface area contributed by atoms with Gasteiger partial charge in [-0.2, -0.15) is 19.9 Å². The van der Waals surface area contributed by atoms with Crippen LogP contribution in [0.3, 0.4) is 0 Å². The van der Waals surface area contributed by atoms with E-state index < -0.39 is 0 Å². The van der Waals surface area contributed by atoms with Gasteiger partial charge in [0.25, 0.3) is 0 Å². The first-order chi connectivity index (χ1) is 60.5. The summed E-state index contributed by atoms with van der Waals surface area (Å²) in [5, 5.41) is 12.1. The lowest BCUT2D eigenvalue weighted by atomic mass is 9.99. The van der Waals surface area contributed by atoms with E-state index in [1.165, 1.54) is 69.4 Å². The molecule has 7 aromatic heterocycles. The van der Waals surface area contributed by atoms with Crippen molar-refractivity contribution in [3.63, 3.8) is 0 Å². The summed E-state index contributed by atoms with van der Waals surface area (Å²) in [5.41, 5.74) is 19.2. The highest BCUT2D eigenvalue weighted by molar-refractivity contribution is 7.26. The summed E-state index contributed by atoms with van der Waals surface area (Å²) in [6, 6.07) is 147. The van der Waals surface area contributed by atoms with Crippen molar-refractivity contribution in [2.24, 2.45) is 0 Å². The lowest BCUT2D eigenvalue weighted by molar-refractivity contribution is 0.953. The van der Waals surface area contributed by atoms with Crippen LogP contribution in [0.4, 0.5) is 0 Å². The van der Waals surface area contributed by atoms with E-state index in [4.69, 9.17) is 44.9 Å². The Morgan fingerprint density at radius 2 is 0.475 bits per heavy atom. The first-order valence-corrected chi connectivity index (χ1v) is 41.5. The molecule has 122 heavy (non-hydrogen) atoms. The number of fused-ring (bicyclic) bond motifs is 14. The van der Waals surface area contributed by atoms with Gasteiger partial charge in [0.05, 0.1) is 33.1 Å². The average molecular weight is 1580 g/mol. The van der Waals surface area contributed by atoms with E-state index in [9.17, 15) is 0 Å². The molecule has 0 aliphatic carbocycles. The van der Waals surface area contributed by atoms with E-state index in [0.717, 1.165) is 93.9 Å². The van der Waals surface area contributed by atoms with Gasteiger partial charge in [0, 0.05) is 97.1 Å². The third kappa shape index (κ3) is 13.5. The molecule has 0 aliphatic rings. The SMILES string of the molecule is c1ccc(-c2ccc(-n3c4ccccc4c4cc(-c5nc(-c6ccccc6)nc(-c6ccccc6)n5)ccc43)cc2)cc1.c1ccc(-c2nc(-c3ccccc3)nc(-n3c4ccccc4c4c5c(ccc43)sc3ccccc35)n2)cc1.c1ccc(-c2nc(-c3ccccc3)nc(-n3c4ccccc4c4cc(-c5ccc6ccccc6c5)ccc43)n2)cc1. The standard InChI is InChI=1S/C39H26N4.C37H24N4.C33H20N4S/c1-4-12-27(13-5-1)28-20-23-32(24-21-28)43-35-19-11-10-18-33(35)34-26-31(22-25-36(34)43)39-41-37(29-14-6-2-7-15-29)40-38(42-39)30-16-8-3-9-17-30;1-3-12-26(13-4-1)35-38-36(27-14-5-2-6-15-27)40-37(39-35)41-33-18-10-9-17-31(33)32-24-30(21-22-34(32)41)29-20-19-25-11-7-8-16-28(25)23-29;1-3-11-21(12-4-1)31-34-32(22-13-5-2-6-14-22)36-33(35-31)37-25-17-9-7-15-23(25)29-26(37)19-20-28-30(29)24-16-8-10-18-27(24)38-28/h1-26H;1-24H;1-20H. The molecule has 0 N–H and O–H groups in total. The lowest BCUT2D eigenvalue weighted by Crippen LogP contribution is -2.06. The molecule has 0 fully saturated rings. The number of benzene rings is 17. The van der Waals surface area contributed by atoms with E-state index in [2.05, 4.69) is 250 Å². The van der Waals surface area contributed by atoms with Crippen molar-refractivity contribution in [1.29, 1.82) is 0 Å². The predicted molar refractivity (Wildman–Crippen MR) is 502 cm³/mol. The second-order valence-electron chi connectivity index (χ2n) is 30.0. The zero-order valence-electron chi connectivity index (χ0n) is 65.7. The van der Waals surface area contributed by atoms with E-state index in [1.807, 2.05) is 199 Å². The fourth-order valence-electron chi connectivity index (χ4n) is 16.8. The highest BCUT2D eigenvalue weighted by Crippen LogP contribution is 2.45. The Morgan fingerprint density at radius 1 is 0.164 bits per heavy atom. The van der Waals surface area contributed by atoms with Gasteiger partial charge in [-0.05, 0) is 118 Å². The number of aromatic nitrogens is 12. The maximum atomic E-state index is 5.05. The van der Waals surface area contributed by atoms with E-state index in [1.54, 1.807) is 0 Å². The zero-order chi connectivity index (χ0) is 80.8. The molecule has 17 aromatic carbocycles. The molecule has 0 radical (unpaired) electrons. The monoisotopic (exact) mass is 1580 g/mol. The number of hydrogen-bond acceptors (Lipinski definition) is 10. The van der Waals surface area contributed by atoms with E-state index in [-0.39, 0.29) is 0 Å². The lowest BCUT2D eigenvalue weighted by Gasteiger charge is -2.11. The third-order valence-electron chi connectivity index (χ3n) is 22.6. The van der Waals surface area contributed by atoms with Crippen molar-refractivity contribution in [2.45, 2.75) is 0 Å². The van der Waals surface area contributed by atoms with Crippen molar-refractivity contribution in [1.82, 2.24) is 58.6 Å². The first kappa shape index (κ1) is 72.1. The molecule has 572 valence electrons. The van der Waals surface area contributed by atoms with Gasteiger partial charge >= 0.3 is 0 Å². The largest absolute Gasteiger partial charge is 0.309 e. The van der Waals surface area contributed by atoms with E-state index in [0.29, 0.717) is 52.7 Å². The summed E-state index contributed by atoms with van der Waals surface area (Å²) >= 11 is 1.84. The molecule has 0 bridgehead atoms. The Balaban J connectivity index is 0.000000110. The molecule has 0 saturated heterocycles. The minimum atomic E-state index is 0.599. The van der Waals surface area contributed by atoms with Crippen molar-refractivity contribution >= 4 is 108 Å². The summed E-state index contributed by atoms with van der Waals surface area (Å²) in [5.74, 6) is 5.78. The molecule has 0 saturated carbocycles. The maximum Gasteiger partial charge on any atom is 0.238 e. The summed E-state index contributed by atoms with van der Waals surface area (Å²) in [6.07, 6.45) is 0. The molecule has 0 atom stereocenters. The van der Waals surface area contributed by atoms with Crippen molar-refractivity contribution < 1.29 is 0 Å². The summed E-state index contributed by atoms with van der Waals surface area (Å²) in [6.45, 7) is 0. The Labute approximate surface area is 705 Å². The minimum Gasteiger partial charge on any atom is -0.309 e. The summed E-state index contributed by atoms with van der Waals surface area (Å²) in [7, 11) is 0. The second-order valence-corrected chi connectivity index (χ2v) is 31.1. The molecule has 0 spiro atoms. The normalized spacial score (nSPS) is 11.4. The Morgan fingerprint density at radius 3 is 0.967 bits per heavy atom. The van der Waals surface area contributed by atoms with Crippen LogP contribution in [0.2, 0.25) is 0 Å². The third-order valence-corrected chi connectivity index (χ3v) is 23.7. The van der Waals surface area contributed by atoms with Crippen LogP contribution in [-0.4, -0.2) is 58.6 Å². The zero-order valence-corrected chi connectivity index (χ0v) is 66.5. The van der Waals surface area contributed by atoms with Gasteiger partial charge in [0.2, 0.25) is 11.9 Å². The van der Waals surface area contributed by atoms with Gasteiger partial charge in [-0.25, -0.2) is 24.9 Å². The minimum absolute atomic E-state index is 0.599. The molecule has 24 rings (SSSR count). The molecule has 13 heteroatoms. The fourth-order valence-corrected chi connectivity index (χ4v) is 17.9. The molecular weight excluding hydrogens is 1510 g/mol. The molecule has 0 amide bonds. The number of thiophene rings is 1. The molecular formula is C109H70N12S. The van der Waals surface area contributed by atoms with Gasteiger partial charge in [0.1, 0.15) is 0 Å². The van der Waals surface area contributed by atoms with Crippen molar-refractivity contribution in [3.8, 4) is 120 Å². The number of hydrogen-bond donors (Lipinski definition) is 0. The predicted octanol–water partition coefficient (Wildman–Crippen LogP) is 27.4. The van der Waals surface area contributed by atoms with Gasteiger partial charge < -0.3 is 4.57 Å². The van der Waals surface area contributed by atoms with Gasteiger partial charge in [-0.15, -0.1) is 11.3 Å². The number of nitrogens with zero attached hydrogens (tertiary/aromatic N) is 12. The average Bonchev–Trinajstić information content (AvgIpc) is 1.53. The Kier molecular flexibility index (Phi) is 18.5. The topological polar surface area (TPSA) is 131 Å². The van der Waals surface area contributed by atoms with Gasteiger partial charge in [0.15, 0.2) is 40.8 Å². The van der Waals surface area contributed by atoms with Crippen LogP contribution in [-0.2, 0) is 0 Å². The van der Waals surface area contributed by atoms with Crippen molar-refractivity contribution in [3.05, 3.63) is 425 Å². The van der Waals surface area contributed by atoms with E-state index >= 15 is 0 Å². The maximum absolute atomic E-state index is 5.05. The quantitative estimate of drug-likeness (QED) is 0.117. The first-order valence-electron chi connectivity index (χ1n) is 40.7. The Bertz CT molecular complexity index is 7870. The number of rotatable bonds is 12. The molecule has 7 heterocycles. The highest BCUT2D eigenvalue weighted by Gasteiger charge is 2.24. The molecule has 0 unspecified atom stereocenters. The highest BCUT2D eigenvalue weighted by atomic mass is 32.1.